The number of hydrogen-bond acceptors (Lipinski definition) is 7. The number of halogens is 1. The molecule has 5 aromatic rings. The number of Topliss-reactive ketones (excluding diaryl/α,β-unsaturated/α-hetero) is 1. The van der Waals surface area contributed by atoms with Gasteiger partial charge in [0.1, 0.15) is 5.56 Å². The van der Waals surface area contributed by atoms with Crippen LogP contribution in [0.3, 0.4) is 0 Å². The van der Waals surface area contributed by atoms with E-state index >= 15 is 0 Å². The molecule has 0 saturated heterocycles. The van der Waals surface area contributed by atoms with Gasteiger partial charge in [0.25, 0.3) is 17.4 Å². The Bertz CT molecular complexity index is 1750. The Morgan fingerprint density at radius 1 is 0.865 bits per heavy atom. The number of carbonyl (C=O) groups is 3. The van der Waals surface area contributed by atoms with E-state index in [9.17, 15) is 19.5 Å². The lowest BCUT2D eigenvalue weighted by molar-refractivity contribution is -0.330. The van der Waals surface area contributed by atoms with Crippen LogP contribution in [0.5, 0.6) is 5.75 Å². The average Bonchev–Trinajstić information content (AvgIpc) is 3.39. The molecule has 37 heavy (non-hydrogen) atoms. The molecule has 180 valence electrons. The van der Waals surface area contributed by atoms with E-state index in [4.69, 9.17) is 0 Å². The number of nitrogens with zero attached hydrogens (tertiary/aromatic N) is 5. The van der Waals surface area contributed by atoms with E-state index in [0.29, 0.717) is 16.6 Å². The third-order valence-electron chi connectivity index (χ3n) is 6.00. The highest BCUT2D eigenvalue weighted by atomic mass is 35.5. The number of ketones is 1. The fourth-order valence-electron chi connectivity index (χ4n) is 4.43. The molecule has 1 aliphatic rings. The lowest BCUT2D eigenvalue weighted by atomic mass is 10.1. The van der Waals surface area contributed by atoms with Crippen LogP contribution in [-0.4, -0.2) is 52.5 Å². The standard InChI is InChI=1S/C27H15N5O4.ClH/c33-24-17-7-1-3-9-20(17)31(26(35)16-6-5-11-28-14-16)22(24)23-25(34)18-8-2-4-10-21(18)32(23)27(36)19-15-29-12-13-30-19;/h1-15H;1H. The molecule has 3 aromatic heterocycles. The normalized spacial score (nSPS) is 12.4. The van der Waals surface area contributed by atoms with Crippen LogP contribution in [0.2, 0.25) is 0 Å². The number of rotatable bonds is 3. The van der Waals surface area contributed by atoms with E-state index in [-0.39, 0.29) is 46.4 Å². The van der Waals surface area contributed by atoms with Gasteiger partial charge in [-0.25, -0.2) is 9.78 Å². The van der Waals surface area contributed by atoms with Gasteiger partial charge in [-0.1, -0.05) is 24.3 Å². The maximum atomic E-state index is 13.8. The first-order valence-electron chi connectivity index (χ1n) is 11.0. The van der Waals surface area contributed by atoms with Gasteiger partial charge in [-0.15, -0.1) is 4.58 Å². The molecule has 0 fully saturated rings. The molecular weight excluding hydrogens is 494 g/mol. The Morgan fingerprint density at radius 3 is 2.38 bits per heavy atom. The summed E-state index contributed by atoms with van der Waals surface area (Å²) in [5.41, 5.74) is 0.950. The number of amides is 1. The van der Waals surface area contributed by atoms with Crippen molar-refractivity contribution in [3.8, 4) is 5.75 Å². The van der Waals surface area contributed by atoms with Crippen molar-refractivity contribution in [2.24, 2.45) is 0 Å². The number of fused-ring (bicyclic) bond motifs is 2. The summed E-state index contributed by atoms with van der Waals surface area (Å²) < 4.78 is 2.43. The second-order valence-corrected chi connectivity index (χ2v) is 8.02. The predicted octanol–water partition coefficient (Wildman–Crippen LogP) is 0.394. The minimum Gasteiger partial charge on any atom is -1.00 e. The van der Waals surface area contributed by atoms with E-state index < -0.39 is 17.6 Å². The van der Waals surface area contributed by atoms with Crippen molar-refractivity contribution in [2.75, 3.05) is 0 Å². The molecule has 6 rings (SSSR count). The van der Waals surface area contributed by atoms with Crippen LogP contribution >= 0.6 is 0 Å². The van der Waals surface area contributed by atoms with Crippen molar-refractivity contribution in [2.45, 2.75) is 0 Å². The number of para-hydroxylation sites is 2. The lowest BCUT2D eigenvalue weighted by Gasteiger charge is -2.08. The summed E-state index contributed by atoms with van der Waals surface area (Å²) in [5.74, 6) is -1.95. The molecule has 2 aromatic carbocycles. The van der Waals surface area contributed by atoms with Crippen LogP contribution in [0.4, 0.5) is 5.69 Å². The highest BCUT2D eigenvalue weighted by molar-refractivity contribution is 6.53. The molecule has 4 heterocycles. The monoisotopic (exact) mass is 509 g/mol. The zero-order valence-corrected chi connectivity index (χ0v) is 19.7. The Labute approximate surface area is 215 Å². The third-order valence-corrected chi connectivity index (χ3v) is 6.00. The fraction of sp³-hybridized carbons (Fsp3) is 0. The maximum absolute atomic E-state index is 13.8. The van der Waals surface area contributed by atoms with Gasteiger partial charge in [0.15, 0.2) is 17.1 Å². The quantitative estimate of drug-likeness (QED) is 0.350. The van der Waals surface area contributed by atoms with Crippen LogP contribution in [0.25, 0.3) is 10.9 Å². The minimum atomic E-state index is -0.624. The largest absolute Gasteiger partial charge is 1.00 e. The molecule has 0 aliphatic carbocycles. The summed E-state index contributed by atoms with van der Waals surface area (Å²) >= 11 is 0. The Hall–Kier alpha value is -5.02. The van der Waals surface area contributed by atoms with Gasteiger partial charge in [-0.2, -0.15) is 0 Å². The number of hydrogen-bond donors (Lipinski definition) is 1. The zero-order chi connectivity index (χ0) is 24.8. The van der Waals surface area contributed by atoms with E-state index in [0.717, 1.165) is 0 Å². The topological polar surface area (TPSA) is 118 Å². The molecule has 0 spiro atoms. The van der Waals surface area contributed by atoms with Crippen LogP contribution in [-0.2, 0) is 0 Å². The smallest absolute Gasteiger partial charge is 0.445 e. The van der Waals surface area contributed by atoms with E-state index in [1.807, 2.05) is 0 Å². The van der Waals surface area contributed by atoms with Crippen molar-refractivity contribution in [3.05, 3.63) is 114 Å². The van der Waals surface area contributed by atoms with Crippen LogP contribution in [0, 0.1) is 0 Å². The molecule has 1 N–H and O–H groups in total. The summed E-state index contributed by atoms with van der Waals surface area (Å²) in [6.45, 7) is 0. The molecule has 0 bridgehead atoms. The zero-order valence-electron chi connectivity index (χ0n) is 18.9. The van der Waals surface area contributed by atoms with E-state index in [1.165, 1.54) is 40.1 Å². The fourth-order valence-corrected chi connectivity index (χ4v) is 4.43. The van der Waals surface area contributed by atoms with Gasteiger partial charge in [0, 0.05) is 36.2 Å². The Kier molecular flexibility index (Phi) is 5.90. The van der Waals surface area contributed by atoms with Crippen LogP contribution in [0.1, 0.15) is 36.9 Å². The average molecular weight is 510 g/mol. The van der Waals surface area contributed by atoms with Crippen molar-refractivity contribution in [1.29, 1.82) is 0 Å². The van der Waals surface area contributed by atoms with Gasteiger partial charge in [0.2, 0.25) is 5.69 Å². The first kappa shape index (κ1) is 23.7. The van der Waals surface area contributed by atoms with Gasteiger partial charge in [-0.05, 0) is 30.3 Å². The highest BCUT2D eigenvalue weighted by Gasteiger charge is 2.47. The van der Waals surface area contributed by atoms with Crippen molar-refractivity contribution in [1.82, 2.24) is 19.5 Å². The van der Waals surface area contributed by atoms with Gasteiger partial charge in [0.05, 0.1) is 17.3 Å². The number of pyridine rings is 1. The van der Waals surface area contributed by atoms with E-state index in [2.05, 4.69) is 15.0 Å². The molecule has 0 unspecified atom stereocenters. The third kappa shape index (κ3) is 3.60. The summed E-state index contributed by atoms with van der Waals surface area (Å²) in [7, 11) is 0. The second-order valence-electron chi connectivity index (χ2n) is 8.02. The molecule has 1 aliphatic heterocycles. The summed E-state index contributed by atoms with van der Waals surface area (Å²) in [6, 6.07) is 16.5. The Balaban J connectivity index is 0.00000280. The second kappa shape index (κ2) is 9.21. The molecule has 0 saturated carbocycles. The molecule has 0 radical (unpaired) electrons. The first-order chi connectivity index (χ1) is 17.6. The van der Waals surface area contributed by atoms with Crippen molar-refractivity contribution in [3.63, 3.8) is 0 Å². The van der Waals surface area contributed by atoms with Crippen LogP contribution < -0.4 is 12.4 Å². The summed E-state index contributed by atoms with van der Waals surface area (Å²) in [4.78, 5) is 53.3. The maximum Gasteiger partial charge on any atom is 0.445 e. The molecule has 9 nitrogen and oxygen atoms in total. The minimum absolute atomic E-state index is 0. The number of aromatic hydroxyl groups is 1. The lowest BCUT2D eigenvalue weighted by Crippen LogP contribution is -3.00. The van der Waals surface area contributed by atoms with Crippen molar-refractivity contribution < 1.29 is 36.5 Å². The number of aromatic nitrogens is 4. The van der Waals surface area contributed by atoms with E-state index in [1.54, 1.807) is 60.7 Å². The SMILES string of the molecule is O=C1C(c2c(O)c3ccccc3n2C(=O)c2cccnc2)=[N+](C(=O)c2cnccn2)c2ccccc21.[Cl-]. The van der Waals surface area contributed by atoms with Gasteiger partial charge >= 0.3 is 5.91 Å². The van der Waals surface area contributed by atoms with Gasteiger partial charge in [-0.3, -0.25) is 24.1 Å². The highest BCUT2D eigenvalue weighted by Crippen LogP contribution is 2.38. The first-order valence-corrected chi connectivity index (χ1v) is 11.0. The molecular formula is C27H16ClN5O4. The van der Waals surface area contributed by atoms with Crippen molar-refractivity contribution >= 4 is 39.9 Å². The molecule has 0 atom stereocenters. The number of benzene rings is 2. The molecule has 10 heteroatoms. The van der Waals surface area contributed by atoms with Gasteiger partial charge < -0.3 is 17.5 Å². The van der Waals surface area contributed by atoms with Crippen LogP contribution in [0.15, 0.2) is 91.6 Å². The molecule has 1 amide bonds. The Morgan fingerprint density at radius 2 is 1.62 bits per heavy atom. The summed E-state index contributed by atoms with van der Waals surface area (Å²) in [5, 5.41) is 11.7. The summed E-state index contributed by atoms with van der Waals surface area (Å²) in [6.07, 6.45) is 7.03. The predicted molar refractivity (Wildman–Crippen MR) is 129 cm³/mol. The number of carbonyl (C=O) groups excluding carboxylic acids is 3.